The molecule has 0 radical (unpaired) electrons. The molecular weight excluding hydrogens is 270 g/mol. The number of carboxylic acid groups (broad SMARTS) is 1. The van der Waals surface area contributed by atoms with Crippen LogP contribution < -0.4 is 10.5 Å². The van der Waals surface area contributed by atoms with Crippen LogP contribution in [0.1, 0.15) is 29.6 Å². The fourth-order valence-corrected chi connectivity index (χ4v) is 2.32. The lowest BCUT2D eigenvalue weighted by Crippen LogP contribution is -2.26. The first-order chi connectivity index (χ1) is 9.08. The summed E-state index contributed by atoms with van der Waals surface area (Å²) in [6, 6.07) is 2.82. The molecule has 1 aromatic carbocycles. The molecule has 104 valence electrons. The van der Waals surface area contributed by atoms with Gasteiger partial charge in [-0.15, -0.1) is 0 Å². The smallest absolute Gasteiger partial charge is 0.339 e. The first-order valence-electron chi connectivity index (χ1n) is 6.14. The third kappa shape index (κ3) is 3.52. The molecule has 1 aliphatic heterocycles. The van der Waals surface area contributed by atoms with Gasteiger partial charge in [-0.2, -0.15) is 0 Å². The molecule has 1 aliphatic rings. The molecule has 0 amide bonds. The molecule has 1 heterocycles. The highest BCUT2D eigenvalue weighted by Crippen LogP contribution is 2.32. The van der Waals surface area contributed by atoms with Crippen LogP contribution in [0.2, 0.25) is 5.02 Å². The monoisotopic (exact) mass is 285 g/mol. The second-order valence-corrected chi connectivity index (χ2v) is 4.89. The van der Waals surface area contributed by atoms with Crippen molar-refractivity contribution in [1.29, 1.82) is 0 Å². The Hall–Kier alpha value is -1.46. The molecule has 1 fully saturated rings. The summed E-state index contributed by atoms with van der Waals surface area (Å²) in [5.41, 5.74) is 5.85. The van der Waals surface area contributed by atoms with E-state index in [1.807, 2.05) is 0 Å². The molecule has 0 aliphatic carbocycles. The Morgan fingerprint density at radius 3 is 2.95 bits per heavy atom. The molecular formula is C13H16ClNO4. The van der Waals surface area contributed by atoms with Gasteiger partial charge in [0.15, 0.2) is 5.75 Å². The van der Waals surface area contributed by atoms with Gasteiger partial charge in [-0.3, -0.25) is 0 Å². The van der Waals surface area contributed by atoms with E-state index < -0.39 is 5.97 Å². The van der Waals surface area contributed by atoms with Crippen LogP contribution in [0.5, 0.6) is 5.75 Å². The van der Waals surface area contributed by atoms with E-state index in [0.717, 1.165) is 25.9 Å². The number of aromatic carboxylic acids is 1. The molecule has 1 saturated heterocycles. The van der Waals surface area contributed by atoms with Gasteiger partial charge in [-0.05, 0) is 31.4 Å². The second-order valence-electron chi connectivity index (χ2n) is 4.48. The lowest BCUT2D eigenvalue weighted by molar-refractivity contribution is -0.0113. The van der Waals surface area contributed by atoms with Crippen molar-refractivity contribution in [3.63, 3.8) is 0 Å². The summed E-state index contributed by atoms with van der Waals surface area (Å²) in [6.45, 7) is 1.01. The minimum atomic E-state index is -1.12. The van der Waals surface area contributed by atoms with Crippen molar-refractivity contribution in [3.8, 4) is 5.75 Å². The second kappa shape index (κ2) is 6.12. The maximum absolute atomic E-state index is 11.2. The third-order valence-corrected chi connectivity index (χ3v) is 3.26. The Balaban J connectivity index is 2.12. The lowest BCUT2D eigenvalue weighted by atomic mass is 10.1. The average Bonchev–Trinajstić information content (AvgIpc) is 2.38. The SMILES string of the molecule is Nc1cc(Cl)c(OCC2CCCCO2)c(C(=O)O)c1. The zero-order valence-corrected chi connectivity index (χ0v) is 11.2. The number of nitrogen functional groups attached to an aromatic ring is 1. The van der Waals surface area contributed by atoms with Crippen molar-refractivity contribution >= 4 is 23.3 Å². The summed E-state index contributed by atoms with van der Waals surface area (Å²) >= 11 is 5.99. The van der Waals surface area contributed by atoms with E-state index in [-0.39, 0.29) is 22.4 Å². The topological polar surface area (TPSA) is 81.8 Å². The number of carboxylic acids is 1. The Labute approximate surface area is 116 Å². The molecule has 5 nitrogen and oxygen atoms in total. The van der Waals surface area contributed by atoms with E-state index in [2.05, 4.69) is 0 Å². The van der Waals surface area contributed by atoms with Crippen molar-refractivity contribution < 1.29 is 19.4 Å². The Kier molecular flexibility index (Phi) is 4.50. The molecule has 3 N–H and O–H groups in total. The summed E-state index contributed by atoms with van der Waals surface area (Å²) < 4.78 is 11.1. The summed E-state index contributed by atoms with van der Waals surface area (Å²) in [6.07, 6.45) is 3.05. The number of hydrogen-bond acceptors (Lipinski definition) is 4. The Bertz CT molecular complexity index is 472. The van der Waals surface area contributed by atoms with E-state index in [4.69, 9.17) is 31.9 Å². The van der Waals surface area contributed by atoms with Crippen molar-refractivity contribution in [2.75, 3.05) is 18.9 Å². The van der Waals surface area contributed by atoms with Crippen molar-refractivity contribution in [1.82, 2.24) is 0 Å². The van der Waals surface area contributed by atoms with Crippen LogP contribution >= 0.6 is 11.6 Å². The van der Waals surface area contributed by atoms with E-state index in [1.165, 1.54) is 12.1 Å². The molecule has 0 spiro atoms. The van der Waals surface area contributed by atoms with Gasteiger partial charge < -0.3 is 20.3 Å². The number of nitrogens with two attached hydrogens (primary N) is 1. The highest BCUT2D eigenvalue weighted by molar-refractivity contribution is 6.33. The quantitative estimate of drug-likeness (QED) is 0.831. The van der Waals surface area contributed by atoms with Crippen molar-refractivity contribution in [2.45, 2.75) is 25.4 Å². The third-order valence-electron chi connectivity index (χ3n) is 2.98. The molecule has 0 aromatic heterocycles. The zero-order chi connectivity index (χ0) is 13.8. The van der Waals surface area contributed by atoms with Gasteiger partial charge in [0.2, 0.25) is 0 Å². The number of anilines is 1. The standard InChI is InChI=1S/C13H16ClNO4/c14-11-6-8(15)5-10(13(16)17)12(11)19-7-9-3-1-2-4-18-9/h5-6,9H,1-4,7,15H2,(H,16,17). The molecule has 6 heteroatoms. The molecule has 19 heavy (non-hydrogen) atoms. The van der Waals surface area contributed by atoms with Gasteiger partial charge in [0, 0.05) is 12.3 Å². The van der Waals surface area contributed by atoms with Crippen LogP contribution in [0.4, 0.5) is 5.69 Å². The van der Waals surface area contributed by atoms with Gasteiger partial charge in [0.1, 0.15) is 12.2 Å². The maximum Gasteiger partial charge on any atom is 0.339 e. The molecule has 1 atom stereocenters. The fourth-order valence-electron chi connectivity index (χ4n) is 2.04. The van der Waals surface area contributed by atoms with Gasteiger partial charge in [-0.25, -0.2) is 4.79 Å². The number of hydrogen-bond donors (Lipinski definition) is 2. The van der Waals surface area contributed by atoms with Gasteiger partial charge in [0.05, 0.1) is 11.1 Å². The van der Waals surface area contributed by atoms with E-state index in [9.17, 15) is 4.79 Å². The number of ether oxygens (including phenoxy) is 2. The Morgan fingerprint density at radius 1 is 1.53 bits per heavy atom. The average molecular weight is 286 g/mol. The van der Waals surface area contributed by atoms with Crippen LogP contribution in [-0.4, -0.2) is 30.4 Å². The zero-order valence-electron chi connectivity index (χ0n) is 10.4. The Morgan fingerprint density at radius 2 is 2.32 bits per heavy atom. The van der Waals surface area contributed by atoms with Crippen LogP contribution in [0.15, 0.2) is 12.1 Å². The minimum Gasteiger partial charge on any atom is -0.488 e. The number of carbonyl (C=O) groups is 1. The van der Waals surface area contributed by atoms with Gasteiger partial charge >= 0.3 is 5.97 Å². The first kappa shape index (κ1) is 14.0. The van der Waals surface area contributed by atoms with Crippen molar-refractivity contribution in [3.05, 3.63) is 22.7 Å². The summed E-state index contributed by atoms with van der Waals surface area (Å²) in [4.78, 5) is 11.2. The maximum atomic E-state index is 11.2. The lowest BCUT2D eigenvalue weighted by Gasteiger charge is -2.23. The number of benzene rings is 1. The highest BCUT2D eigenvalue weighted by atomic mass is 35.5. The van der Waals surface area contributed by atoms with E-state index in [1.54, 1.807) is 0 Å². The molecule has 2 rings (SSSR count). The summed E-state index contributed by atoms with van der Waals surface area (Å²) in [5.74, 6) is -0.966. The predicted molar refractivity (Wildman–Crippen MR) is 71.9 cm³/mol. The van der Waals surface area contributed by atoms with E-state index >= 15 is 0 Å². The molecule has 1 aromatic rings. The first-order valence-corrected chi connectivity index (χ1v) is 6.52. The van der Waals surface area contributed by atoms with Crippen LogP contribution in [0.25, 0.3) is 0 Å². The fraction of sp³-hybridized carbons (Fsp3) is 0.462. The minimum absolute atomic E-state index is 0.0102. The normalized spacial score (nSPS) is 19.1. The highest BCUT2D eigenvalue weighted by Gasteiger charge is 2.19. The molecule has 0 bridgehead atoms. The number of rotatable bonds is 4. The predicted octanol–water partition coefficient (Wildman–Crippen LogP) is 2.57. The van der Waals surface area contributed by atoms with Crippen molar-refractivity contribution in [2.24, 2.45) is 0 Å². The van der Waals surface area contributed by atoms with Crippen LogP contribution in [0, 0.1) is 0 Å². The van der Waals surface area contributed by atoms with Gasteiger partial charge in [0.25, 0.3) is 0 Å². The van der Waals surface area contributed by atoms with E-state index in [0.29, 0.717) is 12.3 Å². The molecule has 1 unspecified atom stereocenters. The van der Waals surface area contributed by atoms with Gasteiger partial charge in [-0.1, -0.05) is 11.6 Å². The summed E-state index contributed by atoms with van der Waals surface area (Å²) in [7, 11) is 0. The summed E-state index contributed by atoms with van der Waals surface area (Å²) in [5, 5.41) is 9.33. The van der Waals surface area contributed by atoms with Crippen LogP contribution in [-0.2, 0) is 4.74 Å². The van der Waals surface area contributed by atoms with Crippen LogP contribution in [0.3, 0.4) is 0 Å². The number of halogens is 1. The molecule has 0 saturated carbocycles. The largest absolute Gasteiger partial charge is 0.488 e.